The number of carboxylic acid groups (broad SMARTS) is 1. The molecular weight excluding hydrogens is 321 g/mol. The van der Waals surface area contributed by atoms with Crippen molar-refractivity contribution in [2.75, 3.05) is 0 Å². The molecule has 0 saturated carbocycles. The van der Waals surface area contributed by atoms with Gasteiger partial charge in [-0.1, -0.05) is 41.4 Å². The molecule has 0 aliphatic heterocycles. The molecule has 0 radical (unpaired) electrons. The van der Waals surface area contributed by atoms with Gasteiger partial charge in [0.15, 0.2) is 0 Å². The van der Waals surface area contributed by atoms with E-state index in [2.05, 4.69) is 21.2 Å². The summed E-state index contributed by atoms with van der Waals surface area (Å²) >= 11 is 9.05. The fraction of sp³-hybridized carbons (Fsp3) is 0.333. The minimum absolute atomic E-state index is 0.200. The lowest BCUT2D eigenvalue weighted by molar-refractivity contribution is -0.140. The summed E-state index contributed by atoms with van der Waals surface area (Å²) in [7, 11) is 0. The lowest BCUT2D eigenvalue weighted by Gasteiger charge is -2.18. The number of hydrogen-bond acceptors (Lipinski definition) is 2. The summed E-state index contributed by atoms with van der Waals surface area (Å²) in [6.45, 7) is 3.46. The van der Waals surface area contributed by atoms with Gasteiger partial charge in [0.1, 0.15) is 6.04 Å². The third-order valence-electron chi connectivity index (χ3n) is 2.34. The summed E-state index contributed by atoms with van der Waals surface area (Å²) in [6.07, 6.45) is 0. The first kappa shape index (κ1) is 15.0. The second-order valence-electron chi connectivity index (χ2n) is 4.19. The van der Waals surface area contributed by atoms with Gasteiger partial charge in [-0.3, -0.25) is 4.79 Å². The van der Waals surface area contributed by atoms with Crippen LogP contribution in [0.1, 0.15) is 24.2 Å². The van der Waals surface area contributed by atoms with Crippen molar-refractivity contribution in [3.8, 4) is 0 Å². The van der Waals surface area contributed by atoms with E-state index in [4.69, 9.17) is 16.7 Å². The Balaban J connectivity index is 2.90. The van der Waals surface area contributed by atoms with Crippen LogP contribution in [0.4, 0.5) is 0 Å². The summed E-state index contributed by atoms with van der Waals surface area (Å²) in [5.41, 5.74) is 0.321. The number of halogens is 2. The fourth-order valence-corrected chi connectivity index (χ4v) is 2.28. The Bertz CT molecular complexity index is 456. The maximum absolute atomic E-state index is 11.9. The Kier molecular flexibility index (Phi) is 5.16. The first-order valence-electron chi connectivity index (χ1n) is 5.31. The average Bonchev–Trinajstić information content (AvgIpc) is 2.23. The van der Waals surface area contributed by atoms with Crippen LogP contribution in [-0.2, 0) is 4.79 Å². The molecule has 1 atom stereocenters. The number of aliphatic carboxylic acids is 1. The van der Waals surface area contributed by atoms with Gasteiger partial charge in [0.05, 0.1) is 0 Å². The number of hydrogen-bond donors (Lipinski definition) is 2. The van der Waals surface area contributed by atoms with E-state index in [1.165, 1.54) is 6.07 Å². The van der Waals surface area contributed by atoms with Crippen LogP contribution in [0, 0.1) is 5.92 Å². The lowest BCUT2D eigenvalue weighted by atomic mass is 10.0. The maximum Gasteiger partial charge on any atom is 0.326 e. The van der Waals surface area contributed by atoms with Crippen molar-refractivity contribution in [3.63, 3.8) is 0 Å². The van der Waals surface area contributed by atoms with Crippen molar-refractivity contribution in [2.24, 2.45) is 5.92 Å². The number of carbonyl (C=O) groups excluding carboxylic acids is 1. The number of benzene rings is 1. The highest BCUT2D eigenvalue weighted by molar-refractivity contribution is 9.10. The normalized spacial score (nSPS) is 12.3. The summed E-state index contributed by atoms with van der Waals surface area (Å²) in [5.74, 6) is -1.71. The molecular formula is C12H13BrClNO3. The van der Waals surface area contributed by atoms with Crippen molar-refractivity contribution in [2.45, 2.75) is 19.9 Å². The zero-order valence-electron chi connectivity index (χ0n) is 9.91. The number of carbonyl (C=O) groups is 2. The predicted molar refractivity (Wildman–Crippen MR) is 72.9 cm³/mol. The second-order valence-corrected chi connectivity index (χ2v) is 5.54. The average molecular weight is 335 g/mol. The molecule has 1 aromatic carbocycles. The van der Waals surface area contributed by atoms with Crippen LogP contribution in [-0.4, -0.2) is 23.0 Å². The Hall–Kier alpha value is -1.07. The van der Waals surface area contributed by atoms with E-state index in [-0.39, 0.29) is 5.92 Å². The summed E-state index contributed by atoms with van der Waals surface area (Å²) in [4.78, 5) is 22.9. The van der Waals surface area contributed by atoms with E-state index in [1.807, 2.05) is 0 Å². The largest absolute Gasteiger partial charge is 0.480 e. The fourth-order valence-electron chi connectivity index (χ4n) is 1.42. The van der Waals surface area contributed by atoms with Crippen molar-refractivity contribution in [3.05, 3.63) is 33.3 Å². The number of carboxylic acids is 1. The van der Waals surface area contributed by atoms with Gasteiger partial charge in [-0.2, -0.15) is 0 Å². The van der Waals surface area contributed by atoms with E-state index in [0.717, 1.165) is 0 Å². The van der Waals surface area contributed by atoms with E-state index < -0.39 is 17.9 Å². The minimum Gasteiger partial charge on any atom is -0.480 e. The van der Waals surface area contributed by atoms with E-state index in [1.54, 1.807) is 26.0 Å². The van der Waals surface area contributed by atoms with Crippen LogP contribution in [0.3, 0.4) is 0 Å². The van der Waals surface area contributed by atoms with Crippen LogP contribution in [0.2, 0.25) is 5.02 Å². The molecule has 0 spiro atoms. The molecule has 0 bridgehead atoms. The highest BCUT2D eigenvalue weighted by Gasteiger charge is 2.24. The first-order valence-corrected chi connectivity index (χ1v) is 6.48. The van der Waals surface area contributed by atoms with Crippen LogP contribution in [0.5, 0.6) is 0 Å². The van der Waals surface area contributed by atoms with Crippen LogP contribution in [0.15, 0.2) is 22.7 Å². The van der Waals surface area contributed by atoms with Gasteiger partial charge >= 0.3 is 5.97 Å². The van der Waals surface area contributed by atoms with Crippen molar-refractivity contribution >= 4 is 39.4 Å². The Morgan fingerprint density at radius 3 is 2.39 bits per heavy atom. The SMILES string of the molecule is CC(C)[C@@H](NC(=O)c1cc(Cl)cc(Br)c1)C(=O)O. The molecule has 0 aromatic heterocycles. The summed E-state index contributed by atoms with van der Waals surface area (Å²) in [6, 6.07) is 3.80. The lowest BCUT2D eigenvalue weighted by Crippen LogP contribution is -2.44. The molecule has 0 heterocycles. The maximum atomic E-state index is 11.9. The van der Waals surface area contributed by atoms with Crippen LogP contribution >= 0.6 is 27.5 Å². The molecule has 18 heavy (non-hydrogen) atoms. The standard InChI is InChI=1S/C12H13BrClNO3/c1-6(2)10(12(17)18)15-11(16)7-3-8(13)5-9(14)4-7/h3-6,10H,1-2H3,(H,15,16)(H,17,18)/t10-/m1/s1. The zero-order chi connectivity index (χ0) is 13.9. The Morgan fingerprint density at radius 1 is 1.33 bits per heavy atom. The van der Waals surface area contributed by atoms with Gasteiger partial charge in [-0.25, -0.2) is 4.79 Å². The van der Waals surface area contributed by atoms with Crippen molar-refractivity contribution in [1.29, 1.82) is 0 Å². The third-order valence-corrected chi connectivity index (χ3v) is 3.02. The number of nitrogens with one attached hydrogen (secondary N) is 1. The van der Waals surface area contributed by atoms with Crippen LogP contribution < -0.4 is 5.32 Å². The number of rotatable bonds is 4. The molecule has 6 heteroatoms. The van der Waals surface area contributed by atoms with Gasteiger partial charge in [-0.05, 0) is 24.1 Å². The molecule has 0 aliphatic rings. The molecule has 2 N–H and O–H groups in total. The molecule has 1 rings (SSSR count). The molecule has 1 aromatic rings. The Morgan fingerprint density at radius 2 is 1.94 bits per heavy atom. The smallest absolute Gasteiger partial charge is 0.326 e. The Labute approximate surface area is 118 Å². The topological polar surface area (TPSA) is 66.4 Å². The summed E-state index contributed by atoms with van der Waals surface area (Å²) < 4.78 is 0.663. The first-order chi connectivity index (χ1) is 8.31. The van der Waals surface area contributed by atoms with E-state index >= 15 is 0 Å². The monoisotopic (exact) mass is 333 g/mol. The van der Waals surface area contributed by atoms with Crippen LogP contribution in [0.25, 0.3) is 0 Å². The molecule has 0 unspecified atom stereocenters. The van der Waals surface area contributed by atoms with Gasteiger partial charge < -0.3 is 10.4 Å². The van der Waals surface area contributed by atoms with Gasteiger partial charge in [0.2, 0.25) is 0 Å². The minimum atomic E-state index is -1.06. The van der Waals surface area contributed by atoms with Gasteiger partial charge in [-0.15, -0.1) is 0 Å². The molecule has 1 amide bonds. The third kappa shape index (κ3) is 3.99. The van der Waals surface area contributed by atoms with Gasteiger partial charge in [0, 0.05) is 15.1 Å². The zero-order valence-corrected chi connectivity index (χ0v) is 12.2. The van der Waals surface area contributed by atoms with Crippen molar-refractivity contribution < 1.29 is 14.7 Å². The molecule has 98 valence electrons. The molecule has 0 aliphatic carbocycles. The van der Waals surface area contributed by atoms with E-state index in [0.29, 0.717) is 15.1 Å². The highest BCUT2D eigenvalue weighted by atomic mass is 79.9. The predicted octanol–water partition coefficient (Wildman–Crippen LogP) is 2.94. The summed E-state index contributed by atoms with van der Waals surface area (Å²) in [5, 5.41) is 11.9. The molecule has 0 fully saturated rings. The van der Waals surface area contributed by atoms with E-state index in [9.17, 15) is 9.59 Å². The molecule has 0 saturated heterocycles. The molecule has 4 nitrogen and oxygen atoms in total. The quantitative estimate of drug-likeness (QED) is 0.889. The van der Waals surface area contributed by atoms with Crippen molar-refractivity contribution in [1.82, 2.24) is 5.32 Å². The van der Waals surface area contributed by atoms with Gasteiger partial charge in [0.25, 0.3) is 5.91 Å². The number of amides is 1. The second kappa shape index (κ2) is 6.20. The highest BCUT2D eigenvalue weighted by Crippen LogP contribution is 2.19.